The van der Waals surface area contributed by atoms with Crippen molar-refractivity contribution >= 4 is 26.8 Å². The summed E-state index contributed by atoms with van der Waals surface area (Å²) in [5.74, 6) is -0.530. The van der Waals surface area contributed by atoms with Gasteiger partial charge in [0.1, 0.15) is 5.82 Å². The van der Waals surface area contributed by atoms with Crippen molar-refractivity contribution in [2.45, 2.75) is 0 Å². The Labute approximate surface area is 116 Å². The lowest BCUT2D eigenvalue weighted by atomic mass is 10.1. The molecule has 0 bridgehead atoms. The summed E-state index contributed by atoms with van der Waals surface area (Å²) >= 11 is 3.30. The van der Waals surface area contributed by atoms with Gasteiger partial charge >= 0.3 is 0 Å². The SMILES string of the molecule is O=c1[nH]c2cccc(Br)c2c(F)c1-c1ccncc1. The molecule has 0 aliphatic carbocycles. The number of rotatable bonds is 1. The molecule has 0 radical (unpaired) electrons. The summed E-state index contributed by atoms with van der Waals surface area (Å²) in [5.41, 5.74) is 0.553. The van der Waals surface area contributed by atoms with Gasteiger partial charge in [-0.25, -0.2) is 4.39 Å². The van der Waals surface area contributed by atoms with Gasteiger partial charge in [0.05, 0.1) is 11.1 Å². The van der Waals surface area contributed by atoms with Crippen molar-refractivity contribution in [1.82, 2.24) is 9.97 Å². The number of pyridine rings is 2. The van der Waals surface area contributed by atoms with Crippen LogP contribution in [0.15, 0.2) is 52.0 Å². The van der Waals surface area contributed by atoms with Gasteiger partial charge in [-0.15, -0.1) is 0 Å². The van der Waals surface area contributed by atoms with E-state index >= 15 is 0 Å². The van der Waals surface area contributed by atoms with Gasteiger partial charge in [0.2, 0.25) is 0 Å². The van der Waals surface area contributed by atoms with Crippen LogP contribution in [0.25, 0.3) is 22.0 Å². The van der Waals surface area contributed by atoms with Crippen LogP contribution in [-0.2, 0) is 0 Å². The lowest BCUT2D eigenvalue weighted by Crippen LogP contribution is -2.12. The van der Waals surface area contributed by atoms with E-state index in [-0.39, 0.29) is 5.56 Å². The highest BCUT2D eigenvalue weighted by atomic mass is 79.9. The number of hydrogen-bond donors (Lipinski definition) is 1. The maximum Gasteiger partial charge on any atom is 0.259 e. The van der Waals surface area contributed by atoms with Gasteiger partial charge in [0.15, 0.2) is 0 Å². The van der Waals surface area contributed by atoms with Crippen LogP contribution in [0.2, 0.25) is 0 Å². The molecule has 0 spiro atoms. The van der Waals surface area contributed by atoms with E-state index in [9.17, 15) is 9.18 Å². The number of aromatic nitrogens is 2. The Bertz CT molecular complexity index is 815. The third-order valence-electron chi connectivity index (χ3n) is 2.90. The van der Waals surface area contributed by atoms with Crippen LogP contribution in [0.1, 0.15) is 0 Å². The van der Waals surface area contributed by atoms with Crippen molar-refractivity contribution in [3.63, 3.8) is 0 Å². The Balaban J connectivity index is 2.45. The highest BCUT2D eigenvalue weighted by Gasteiger charge is 2.15. The average Bonchev–Trinajstić information content (AvgIpc) is 2.39. The molecule has 94 valence electrons. The summed E-state index contributed by atoms with van der Waals surface area (Å²) in [5, 5.41) is 0.369. The lowest BCUT2D eigenvalue weighted by molar-refractivity contribution is 0.640. The van der Waals surface area contributed by atoms with E-state index in [0.717, 1.165) is 0 Å². The number of aromatic amines is 1. The quantitative estimate of drug-likeness (QED) is 0.746. The van der Waals surface area contributed by atoms with Crippen LogP contribution in [0.3, 0.4) is 0 Å². The molecule has 2 aromatic heterocycles. The molecule has 19 heavy (non-hydrogen) atoms. The predicted molar refractivity (Wildman–Crippen MR) is 75.5 cm³/mol. The Morgan fingerprint density at radius 2 is 1.89 bits per heavy atom. The van der Waals surface area contributed by atoms with Crippen molar-refractivity contribution in [1.29, 1.82) is 0 Å². The number of H-pyrrole nitrogens is 1. The maximum atomic E-state index is 14.6. The molecule has 0 atom stereocenters. The Morgan fingerprint density at radius 1 is 1.16 bits per heavy atom. The molecular weight excluding hydrogens is 311 g/mol. The van der Waals surface area contributed by atoms with Gasteiger partial charge in [-0.3, -0.25) is 9.78 Å². The monoisotopic (exact) mass is 318 g/mol. The number of nitrogens with zero attached hydrogens (tertiary/aromatic N) is 1. The molecule has 3 nitrogen and oxygen atoms in total. The van der Waals surface area contributed by atoms with E-state index in [1.165, 1.54) is 12.4 Å². The van der Waals surface area contributed by atoms with Crippen LogP contribution in [-0.4, -0.2) is 9.97 Å². The second-order valence-corrected chi connectivity index (χ2v) is 4.90. The van der Waals surface area contributed by atoms with Crippen LogP contribution in [0.4, 0.5) is 4.39 Å². The maximum absolute atomic E-state index is 14.6. The molecule has 1 aromatic carbocycles. The third kappa shape index (κ3) is 1.96. The first-order chi connectivity index (χ1) is 9.18. The number of halogens is 2. The molecule has 0 aliphatic rings. The van der Waals surface area contributed by atoms with E-state index in [1.807, 2.05) is 0 Å². The predicted octanol–water partition coefficient (Wildman–Crippen LogP) is 3.49. The van der Waals surface area contributed by atoms with E-state index in [2.05, 4.69) is 25.9 Å². The van der Waals surface area contributed by atoms with Gasteiger partial charge in [0.25, 0.3) is 5.56 Å². The Morgan fingerprint density at radius 3 is 2.63 bits per heavy atom. The van der Waals surface area contributed by atoms with Crippen LogP contribution in [0.5, 0.6) is 0 Å². The molecule has 5 heteroatoms. The first kappa shape index (κ1) is 12.0. The minimum atomic E-state index is -0.530. The first-order valence-corrected chi connectivity index (χ1v) is 6.38. The topological polar surface area (TPSA) is 45.8 Å². The van der Waals surface area contributed by atoms with E-state index < -0.39 is 11.4 Å². The zero-order valence-corrected chi connectivity index (χ0v) is 11.2. The molecule has 0 fully saturated rings. The fourth-order valence-electron chi connectivity index (χ4n) is 2.04. The molecule has 3 rings (SSSR count). The van der Waals surface area contributed by atoms with Crippen molar-refractivity contribution < 1.29 is 4.39 Å². The minimum absolute atomic E-state index is 0.0294. The van der Waals surface area contributed by atoms with Gasteiger partial charge in [-0.1, -0.05) is 6.07 Å². The Hall–Kier alpha value is -2.01. The summed E-state index contributed by atoms with van der Waals surface area (Å²) in [7, 11) is 0. The zero-order valence-electron chi connectivity index (χ0n) is 9.65. The van der Waals surface area contributed by atoms with Crippen molar-refractivity contribution in [3.05, 3.63) is 63.4 Å². The molecule has 0 unspecified atom stereocenters. The highest BCUT2D eigenvalue weighted by Crippen LogP contribution is 2.29. The van der Waals surface area contributed by atoms with Crippen molar-refractivity contribution in [3.8, 4) is 11.1 Å². The van der Waals surface area contributed by atoms with Gasteiger partial charge in [-0.05, 0) is 45.8 Å². The van der Waals surface area contributed by atoms with Gasteiger partial charge < -0.3 is 4.98 Å². The highest BCUT2D eigenvalue weighted by molar-refractivity contribution is 9.10. The number of benzene rings is 1. The second kappa shape index (κ2) is 4.59. The molecule has 2 heterocycles. The van der Waals surface area contributed by atoms with Gasteiger partial charge in [-0.2, -0.15) is 0 Å². The van der Waals surface area contributed by atoms with Crippen molar-refractivity contribution in [2.24, 2.45) is 0 Å². The van der Waals surface area contributed by atoms with E-state index in [4.69, 9.17) is 0 Å². The molecule has 0 amide bonds. The van der Waals surface area contributed by atoms with Crippen LogP contribution in [0, 0.1) is 5.82 Å². The van der Waals surface area contributed by atoms with Crippen molar-refractivity contribution in [2.75, 3.05) is 0 Å². The molecule has 0 aliphatic heterocycles. The molecular formula is C14H8BrFN2O. The smallest absolute Gasteiger partial charge is 0.259 e. The largest absolute Gasteiger partial charge is 0.321 e. The molecule has 3 aromatic rings. The van der Waals surface area contributed by atoms with E-state index in [0.29, 0.717) is 20.9 Å². The fraction of sp³-hybridized carbons (Fsp3) is 0. The van der Waals surface area contributed by atoms with Crippen LogP contribution < -0.4 is 5.56 Å². The lowest BCUT2D eigenvalue weighted by Gasteiger charge is -2.07. The number of fused-ring (bicyclic) bond motifs is 1. The summed E-state index contributed by atoms with van der Waals surface area (Å²) in [4.78, 5) is 18.6. The molecule has 1 N–H and O–H groups in total. The normalized spacial score (nSPS) is 10.8. The number of nitrogens with one attached hydrogen (secondary N) is 1. The second-order valence-electron chi connectivity index (χ2n) is 4.04. The Kier molecular flexibility index (Phi) is 2.91. The molecule has 0 saturated carbocycles. The van der Waals surface area contributed by atoms with Crippen LogP contribution >= 0.6 is 15.9 Å². The third-order valence-corrected chi connectivity index (χ3v) is 3.56. The first-order valence-electron chi connectivity index (χ1n) is 5.59. The number of hydrogen-bond acceptors (Lipinski definition) is 2. The standard InChI is InChI=1S/C14H8BrFN2O/c15-9-2-1-3-10-12(9)13(16)11(14(19)18-10)8-4-6-17-7-5-8/h1-7H,(H,18,19). The van der Waals surface area contributed by atoms with Gasteiger partial charge in [0, 0.05) is 22.3 Å². The zero-order chi connectivity index (χ0) is 13.4. The summed E-state index contributed by atoms with van der Waals surface area (Å²) < 4.78 is 15.2. The summed E-state index contributed by atoms with van der Waals surface area (Å²) in [6.07, 6.45) is 3.05. The summed E-state index contributed by atoms with van der Waals surface area (Å²) in [6, 6.07) is 8.36. The minimum Gasteiger partial charge on any atom is -0.321 e. The van der Waals surface area contributed by atoms with E-state index in [1.54, 1.807) is 30.3 Å². The summed E-state index contributed by atoms with van der Waals surface area (Å²) in [6.45, 7) is 0. The fourth-order valence-corrected chi connectivity index (χ4v) is 2.58. The molecule has 0 saturated heterocycles. The average molecular weight is 319 g/mol.